The Bertz CT molecular complexity index is 996. The minimum absolute atomic E-state index is 0.443. The fourth-order valence-corrected chi connectivity index (χ4v) is 2.27. The van der Waals surface area contributed by atoms with E-state index in [0.717, 1.165) is 24.3 Å². The molecule has 0 aliphatic heterocycles. The van der Waals surface area contributed by atoms with E-state index < -0.39 is 69.2 Å². The number of rotatable bonds is 6. The number of carboxylic acid groups (broad SMARTS) is 4. The average Bonchev–Trinajstić information content (AvgIpc) is 2.66. The van der Waals surface area contributed by atoms with Gasteiger partial charge in [-0.3, -0.25) is 0 Å². The van der Waals surface area contributed by atoms with Gasteiger partial charge in [-0.15, -0.1) is 0 Å². The molecule has 0 fully saturated rings. The lowest BCUT2D eigenvalue weighted by Gasteiger charge is -2.07. The number of hydrogen-bond acceptors (Lipinski definition) is 7. The van der Waals surface area contributed by atoms with E-state index >= 15 is 0 Å². The third-order valence-corrected chi connectivity index (χ3v) is 3.62. The number of carboxylic acids is 4. The van der Waals surface area contributed by atoms with Crippen LogP contribution in [0.25, 0.3) is 0 Å². The van der Waals surface area contributed by atoms with Gasteiger partial charge in [-0.25, -0.2) is 28.8 Å². The van der Waals surface area contributed by atoms with Gasteiger partial charge < -0.3 is 25.2 Å². The van der Waals surface area contributed by atoms with Crippen LogP contribution in [0.15, 0.2) is 36.4 Å². The van der Waals surface area contributed by atoms with E-state index in [4.69, 9.17) is 20.4 Å². The predicted molar refractivity (Wildman–Crippen MR) is 90.5 cm³/mol. The van der Waals surface area contributed by atoms with Crippen molar-refractivity contribution in [1.82, 2.24) is 0 Å². The second-order valence-corrected chi connectivity index (χ2v) is 5.42. The highest BCUT2D eigenvalue weighted by atomic mass is 16.6. The molecule has 0 radical (unpaired) electrons. The van der Waals surface area contributed by atoms with Crippen LogP contribution in [0.3, 0.4) is 0 Å². The first-order chi connectivity index (χ1) is 13.5. The van der Waals surface area contributed by atoms with Crippen molar-refractivity contribution in [2.75, 3.05) is 0 Å². The van der Waals surface area contributed by atoms with Gasteiger partial charge >= 0.3 is 35.8 Å². The molecule has 148 valence electrons. The van der Waals surface area contributed by atoms with Gasteiger partial charge in [0.1, 0.15) is 0 Å². The Morgan fingerprint density at radius 2 is 0.828 bits per heavy atom. The number of ether oxygens (including phenoxy) is 1. The van der Waals surface area contributed by atoms with E-state index in [-0.39, 0.29) is 0 Å². The summed E-state index contributed by atoms with van der Waals surface area (Å²) in [6, 6.07) is 4.96. The largest absolute Gasteiger partial charge is 0.478 e. The van der Waals surface area contributed by atoms with Crippen molar-refractivity contribution < 1.29 is 53.9 Å². The highest BCUT2D eigenvalue weighted by Crippen LogP contribution is 2.17. The minimum Gasteiger partial charge on any atom is -0.478 e. The zero-order chi connectivity index (χ0) is 21.9. The highest BCUT2D eigenvalue weighted by Gasteiger charge is 2.23. The normalized spacial score (nSPS) is 10.1. The summed E-state index contributed by atoms with van der Waals surface area (Å²) in [6.07, 6.45) is 0. The topological polar surface area (TPSA) is 193 Å². The summed E-state index contributed by atoms with van der Waals surface area (Å²) in [5.41, 5.74) is -3.48. The molecule has 4 N–H and O–H groups in total. The summed E-state index contributed by atoms with van der Waals surface area (Å²) in [5.74, 6) is -8.99. The number of hydrogen-bond donors (Lipinski definition) is 4. The van der Waals surface area contributed by atoms with Crippen LogP contribution in [-0.2, 0) is 4.74 Å². The first-order valence-electron chi connectivity index (χ1n) is 7.50. The van der Waals surface area contributed by atoms with Crippen molar-refractivity contribution in [1.29, 1.82) is 0 Å². The molecule has 0 atom stereocenters. The summed E-state index contributed by atoms with van der Waals surface area (Å²) in [4.78, 5) is 68.5. The van der Waals surface area contributed by atoms with Crippen LogP contribution in [-0.4, -0.2) is 56.2 Å². The smallest absolute Gasteiger partial charge is 0.346 e. The van der Waals surface area contributed by atoms with Crippen molar-refractivity contribution >= 4 is 35.8 Å². The SMILES string of the molecule is O=C(OC(=O)c1ccc(C(=O)O)c(C(=O)O)c1)c1ccc(C(=O)O)c(C(=O)O)c1. The van der Waals surface area contributed by atoms with E-state index in [0.29, 0.717) is 12.1 Å². The van der Waals surface area contributed by atoms with E-state index in [9.17, 15) is 28.8 Å². The molecule has 2 aromatic carbocycles. The first kappa shape index (κ1) is 20.8. The Morgan fingerprint density at radius 1 is 0.517 bits per heavy atom. The second kappa shape index (κ2) is 8.00. The molecule has 29 heavy (non-hydrogen) atoms. The molecule has 0 amide bonds. The van der Waals surface area contributed by atoms with Crippen molar-refractivity contribution in [2.45, 2.75) is 0 Å². The summed E-state index contributed by atoms with van der Waals surface area (Å²) < 4.78 is 4.53. The molecule has 0 unspecified atom stereocenters. The molecule has 0 saturated carbocycles. The summed E-state index contributed by atoms with van der Waals surface area (Å²) in [6.45, 7) is 0. The molecule has 2 rings (SSSR count). The Kier molecular flexibility index (Phi) is 5.73. The number of benzene rings is 2. The number of carbonyl (C=O) groups excluding carboxylic acids is 2. The van der Waals surface area contributed by atoms with Crippen molar-refractivity contribution in [3.05, 3.63) is 69.8 Å². The molecule has 11 nitrogen and oxygen atoms in total. The monoisotopic (exact) mass is 402 g/mol. The van der Waals surface area contributed by atoms with Gasteiger partial charge in [0.2, 0.25) is 0 Å². The summed E-state index contributed by atoms with van der Waals surface area (Å²) in [7, 11) is 0. The fraction of sp³-hybridized carbons (Fsp3) is 0. The molecule has 0 saturated heterocycles. The van der Waals surface area contributed by atoms with Crippen LogP contribution in [0.1, 0.15) is 62.1 Å². The lowest BCUT2D eigenvalue weighted by atomic mass is 10.0. The van der Waals surface area contributed by atoms with Crippen LogP contribution in [0, 0.1) is 0 Å². The molecule has 0 bridgehead atoms. The minimum atomic E-state index is -1.63. The van der Waals surface area contributed by atoms with Crippen LogP contribution in [0.5, 0.6) is 0 Å². The summed E-state index contributed by atoms with van der Waals surface area (Å²) in [5, 5.41) is 36.0. The standard InChI is InChI=1S/C18H10O11/c19-13(20)9-3-1-7(5-11(9)15(23)24)17(27)29-18(28)8-2-4-10(14(21)22)12(6-8)16(25)26/h1-6H,(H,19,20)(H,21,22)(H,23,24)(H,25,26). The number of carbonyl (C=O) groups is 6. The van der Waals surface area contributed by atoms with E-state index in [1.165, 1.54) is 0 Å². The average molecular weight is 402 g/mol. The Labute approximate surface area is 160 Å². The third-order valence-electron chi connectivity index (χ3n) is 3.62. The maximum absolute atomic E-state index is 12.1. The maximum atomic E-state index is 12.1. The molecule has 0 spiro atoms. The quantitative estimate of drug-likeness (QED) is 0.404. The molecule has 11 heteroatoms. The third kappa shape index (κ3) is 4.42. The molecule has 0 heterocycles. The Morgan fingerprint density at radius 3 is 1.10 bits per heavy atom. The van der Waals surface area contributed by atoms with Gasteiger partial charge in [0, 0.05) is 0 Å². The fourth-order valence-electron chi connectivity index (χ4n) is 2.27. The molecule has 0 aromatic heterocycles. The van der Waals surface area contributed by atoms with Gasteiger partial charge in [-0.05, 0) is 36.4 Å². The molecular formula is C18H10O11. The van der Waals surface area contributed by atoms with E-state index in [1.54, 1.807) is 0 Å². The molecule has 0 aliphatic carbocycles. The van der Waals surface area contributed by atoms with Crippen molar-refractivity contribution in [2.24, 2.45) is 0 Å². The van der Waals surface area contributed by atoms with Crippen LogP contribution < -0.4 is 0 Å². The van der Waals surface area contributed by atoms with Gasteiger partial charge in [0.15, 0.2) is 0 Å². The summed E-state index contributed by atoms with van der Waals surface area (Å²) >= 11 is 0. The lowest BCUT2D eigenvalue weighted by Crippen LogP contribution is -2.16. The highest BCUT2D eigenvalue weighted by molar-refractivity contribution is 6.08. The van der Waals surface area contributed by atoms with Gasteiger partial charge in [-0.1, -0.05) is 0 Å². The zero-order valence-electron chi connectivity index (χ0n) is 14.1. The number of aromatic carboxylic acids is 4. The van der Waals surface area contributed by atoms with Crippen LogP contribution in [0.4, 0.5) is 0 Å². The van der Waals surface area contributed by atoms with Gasteiger partial charge in [-0.2, -0.15) is 0 Å². The maximum Gasteiger partial charge on any atom is 0.346 e. The van der Waals surface area contributed by atoms with Crippen molar-refractivity contribution in [3.8, 4) is 0 Å². The van der Waals surface area contributed by atoms with E-state index in [1.807, 2.05) is 0 Å². The predicted octanol–water partition coefficient (Wildman–Crippen LogP) is 1.48. The Hall–Kier alpha value is -4.54. The first-order valence-corrected chi connectivity index (χ1v) is 7.50. The van der Waals surface area contributed by atoms with Crippen molar-refractivity contribution in [3.63, 3.8) is 0 Å². The Balaban J connectivity index is 2.33. The van der Waals surface area contributed by atoms with Gasteiger partial charge in [0.05, 0.1) is 33.4 Å². The van der Waals surface area contributed by atoms with E-state index in [2.05, 4.69) is 4.74 Å². The van der Waals surface area contributed by atoms with Gasteiger partial charge in [0.25, 0.3) is 0 Å². The van der Waals surface area contributed by atoms with Crippen LogP contribution >= 0.6 is 0 Å². The molecule has 0 aliphatic rings. The number of esters is 2. The zero-order valence-corrected chi connectivity index (χ0v) is 14.1. The molecular weight excluding hydrogens is 392 g/mol. The molecule has 2 aromatic rings. The second-order valence-electron chi connectivity index (χ2n) is 5.42. The lowest BCUT2D eigenvalue weighted by molar-refractivity contribution is 0.0395. The van der Waals surface area contributed by atoms with Crippen LogP contribution in [0.2, 0.25) is 0 Å².